The molecule has 0 heterocycles. The van der Waals surface area contributed by atoms with Gasteiger partial charge in [0.05, 0.1) is 19.8 Å². The van der Waals surface area contributed by atoms with E-state index in [2.05, 4.69) is 0 Å². The summed E-state index contributed by atoms with van der Waals surface area (Å²) in [4.78, 5) is 0. The van der Waals surface area contributed by atoms with Gasteiger partial charge in [0.1, 0.15) is 18.1 Å². The molecule has 1 rings (SSSR count). The number of hydrogen-bond acceptors (Lipinski definition) is 4. The highest BCUT2D eigenvalue weighted by Crippen LogP contribution is 2.28. The minimum absolute atomic E-state index is 0.0723. The van der Waals surface area contributed by atoms with Crippen LogP contribution in [-0.2, 0) is 4.74 Å². The maximum Gasteiger partial charge on any atom is 0.127 e. The van der Waals surface area contributed by atoms with Gasteiger partial charge < -0.3 is 19.9 Å². The Labute approximate surface area is 109 Å². The van der Waals surface area contributed by atoms with Crippen LogP contribution in [0.25, 0.3) is 0 Å². The first-order valence-corrected chi connectivity index (χ1v) is 6.22. The van der Waals surface area contributed by atoms with Gasteiger partial charge in [0.2, 0.25) is 0 Å². The zero-order chi connectivity index (χ0) is 13.5. The molecular weight excluding hydrogens is 230 g/mol. The summed E-state index contributed by atoms with van der Waals surface area (Å²) in [5, 5.41) is 0. The van der Waals surface area contributed by atoms with Crippen molar-refractivity contribution >= 4 is 0 Å². The lowest BCUT2D eigenvalue weighted by molar-refractivity contribution is 0.0549. The Kier molecular flexibility index (Phi) is 5.95. The van der Waals surface area contributed by atoms with Crippen LogP contribution in [0.4, 0.5) is 0 Å². The highest BCUT2D eigenvalue weighted by Gasteiger charge is 2.09. The third-order valence-electron chi connectivity index (χ3n) is 2.50. The van der Waals surface area contributed by atoms with E-state index in [-0.39, 0.29) is 12.1 Å². The van der Waals surface area contributed by atoms with Gasteiger partial charge >= 0.3 is 0 Å². The summed E-state index contributed by atoms with van der Waals surface area (Å²) in [6.07, 6.45) is 0.215. The predicted octanol–water partition coefficient (Wildman–Crippen LogP) is 2.52. The summed E-state index contributed by atoms with van der Waals surface area (Å²) in [6, 6.07) is 5.60. The van der Waals surface area contributed by atoms with Gasteiger partial charge in [-0.15, -0.1) is 0 Å². The SMILES string of the molecule is COc1ccc(C(C)N)c(OCCOC(C)C)c1. The second kappa shape index (κ2) is 7.24. The summed E-state index contributed by atoms with van der Waals surface area (Å²) >= 11 is 0. The van der Waals surface area contributed by atoms with Crippen LogP contribution >= 0.6 is 0 Å². The Hall–Kier alpha value is -1.26. The molecule has 1 aromatic carbocycles. The Balaban J connectivity index is 2.66. The van der Waals surface area contributed by atoms with Gasteiger partial charge in [-0.05, 0) is 26.8 Å². The Morgan fingerprint density at radius 2 is 1.89 bits per heavy atom. The van der Waals surface area contributed by atoms with Crippen molar-refractivity contribution in [3.63, 3.8) is 0 Å². The summed E-state index contributed by atoms with van der Waals surface area (Å²) in [7, 11) is 1.63. The highest BCUT2D eigenvalue weighted by atomic mass is 16.5. The maximum absolute atomic E-state index is 5.91. The van der Waals surface area contributed by atoms with E-state index in [0.29, 0.717) is 13.2 Å². The van der Waals surface area contributed by atoms with Crippen LogP contribution in [-0.4, -0.2) is 26.4 Å². The maximum atomic E-state index is 5.91. The van der Waals surface area contributed by atoms with Crippen molar-refractivity contribution in [1.82, 2.24) is 0 Å². The molecule has 18 heavy (non-hydrogen) atoms. The minimum Gasteiger partial charge on any atom is -0.497 e. The second-order valence-electron chi connectivity index (χ2n) is 4.46. The van der Waals surface area contributed by atoms with E-state index in [1.54, 1.807) is 7.11 Å². The summed E-state index contributed by atoms with van der Waals surface area (Å²) in [5.41, 5.74) is 6.88. The molecule has 0 saturated carbocycles. The molecule has 102 valence electrons. The van der Waals surface area contributed by atoms with E-state index in [1.807, 2.05) is 39.0 Å². The standard InChI is InChI=1S/C14H23NO3/c1-10(2)17-7-8-18-14-9-12(16-4)5-6-13(14)11(3)15/h5-6,9-11H,7-8,15H2,1-4H3. The zero-order valence-electron chi connectivity index (χ0n) is 11.6. The van der Waals surface area contributed by atoms with Crippen molar-refractivity contribution in [3.8, 4) is 11.5 Å². The van der Waals surface area contributed by atoms with Crippen LogP contribution < -0.4 is 15.2 Å². The molecule has 0 aliphatic heterocycles. The van der Waals surface area contributed by atoms with Gasteiger partial charge in [0, 0.05) is 17.7 Å². The molecule has 4 nitrogen and oxygen atoms in total. The first-order chi connectivity index (χ1) is 8.54. The second-order valence-corrected chi connectivity index (χ2v) is 4.46. The van der Waals surface area contributed by atoms with Crippen LogP contribution in [0, 0.1) is 0 Å². The summed E-state index contributed by atoms with van der Waals surface area (Å²) < 4.78 is 16.3. The summed E-state index contributed by atoms with van der Waals surface area (Å²) in [6.45, 7) is 7.00. The number of rotatable bonds is 7. The first kappa shape index (κ1) is 14.8. The van der Waals surface area contributed by atoms with E-state index in [9.17, 15) is 0 Å². The summed E-state index contributed by atoms with van der Waals surface area (Å²) in [5.74, 6) is 1.52. The lowest BCUT2D eigenvalue weighted by Gasteiger charge is -2.15. The quantitative estimate of drug-likeness (QED) is 0.759. The van der Waals surface area contributed by atoms with Crippen LogP contribution in [0.5, 0.6) is 11.5 Å². The number of methoxy groups -OCH3 is 1. The van der Waals surface area contributed by atoms with Gasteiger partial charge in [-0.3, -0.25) is 0 Å². The molecule has 1 aromatic rings. The largest absolute Gasteiger partial charge is 0.497 e. The molecule has 0 bridgehead atoms. The van der Waals surface area contributed by atoms with Crippen molar-refractivity contribution in [2.45, 2.75) is 32.9 Å². The molecule has 0 aliphatic rings. The van der Waals surface area contributed by atoms with E-state index >= 15 is 0 Å². The highest BCUT2D eigenvalue weighted by molar-refractivity contribution is 5.42. The van der Waals surface area contributed by atoms with Gasteiger partial charge in [0.25, 0.3) is 0 Å². The lowest BCUT2D eigenvalue weighted by Crippen LogP contribution is -2.13. The van der Waals surface area contributed by atoms with Crippen molar-refractivity contribution in [2.75, 3.05) is 20.3 Å². The molecule has 2 N–H and O–H groups in total. The molecule has 4 heteroatoms. The molecule has 0 spiro atoms. The van der Waals surface area contributed by atoms with Gasteiger partial charge in [0.15, 0.2) is 0 Å². The van der Waals surface area contributed by atoms with Crippen LogP contribution in [0.1, 0.15) is 32.4 Å². The molecule has 1 atom stereocenters. The van der Waals surface area contributed by atoms with Gasteiger partial charge in [-0.1, -0.05) is 6.07 Å². The van der Waals surface area contributed by atoms with E-state index in [0.717, 1.165) is 17.1 Å². The normalized spacial score (nSPS) is 12.6. The van der Waals surface area contributed by atoms with Crippen LogP contribution in [0.2, 0.25) is 0 Å². The predicted molar refractivity (Wildman–Crippen MR) is 72.2 cm³/mol. The van der Waals surface area contributed by atoms with Crippen molar-refractivity contribution < 1.29 is 14.2 Å². The van der Waals surface area contributed by atoms with Crippen molar-refractivity contribution in [3.05, 3.63) is 23.8 Å². The average Bonchev–Trinajstić information content (AvgIpc) is 2.33. The monoisotopic (exact) mass is 253 g/mol. The van der Waals surface area contributed by atoms with Crippen LogP contribution in [0.15, 0.2) is 18.2 Å². The molecule has 0 aliphatic carbocycles. The Bertz CT molecular complexity index is 364. The molecule has 0 fully saturated rings. The van der Waals surface area contributed by atoms with Crippen molar-refractivity contribution in [1.29, 1.82) is 0 Å². The molecule has 0 aromatic heterocycles. The van der Waals surface area contributed by atoms with Crippen molar-refractivity contribution in [2.24, 2.45) is 5.73 Å². The minimum atomic E-state index is -0.0723. The van der Waals surface area contributed by atoms with E-state index in [1.165, 1.54) is 0 Å². The number of ether oxygens (including phenoxy) is 3. The Morgan fingerprint density at radius 1 is 1.17 bits per heavy atom. The molecule has 0 saturated heterocycles. The number of nitrogens with two attached hydrogens (primary N) is 1. The smallest absolute Gasteiger partial charge is 0.127 e. The fourth-order valence-corrected chi connectivity index (χ4v) is 1.58. The van der Waals surface area contributed by atoms with Gasteiger partial charge in [-0.25, -0.2) is 0 Å². The first-order valence-electron chi connectivity index (χ1n) is 6.22. The topological polar surface area (TPSA) is 53.7 Å². The third kappa shape index (κ3) is 4.55. The third-order valence-corrected chi connectivity index (χ3v) is 2.50. The molecule has 0 radical (unpaired) electrons. The number of hydrogen-bond donors (Lipinski definition) is 1. The lowest BCUT2D eigenvalue weighted by atomic mass is 10.1. The Morgan fingerprint density at radius 3 is 2.44 bits per heavy atom. The zero-order valence-corrected chi connectivity index (χ0v) is 11.6. The molecule has 1 unspecified atom stereocenters. The van der Waals surface area contributed by atoms with E-state index < -0.39 is 0 Å². The fourth-order valence-electron chi connectivity index (χ4n) is 1.58. The van der Waals surface area contributed by atoms with Gasteiger partial charge in [-0.2, -0.15) is 0 Å². The van der Waals surface area contributed by atoms with Crippen LogP contribution in [0.3, 0.4) is 0 Å². The molecule has 0 amide bonds. The van der Waals surface area contributed by atoms with E-state index in [4.69, 9.17) is 19.9 Å². The fraction of sp³-hybridized carbons (Fsp3) is 0.571. The average molecular weight is 253 g/mol. The molecular formula is C14H23NO3. The number of benzene rings is 1.